The van der Waals surface area contributed by atoms with Crippen LogP contribution in [0.5, 0.6) is 5.75 Å². The standard InChI is InChI=1S/C22H34N4O6S/c1-12(2)18(23)21(30)25-16(9-10-33-4)19(28)26-17(20(29)24-13(3)22(31)32)11-14-5-7-15(27)8-6-14/h5-8,12-13,16-18,27H,9-11,23H2,1-4H3,(H,24,29)(H,25,30)(H,26,28)(H,31,32). The molecule has 0 fully saturated rings. The van der Waals surface area contributed by atoms with Gasteiger partial charge < -0.3 is 31.9 Å². The van der Waals surface area contributed by atoms with E-state index < -0.39 is 47.9 Å². The van der Waals surface area contributed by atoms with Gasteiger partial charge in [0, 0.05) is 6.42 Å². The fraction of sp³-hybridized carbons (Fsp3) is 0.545. The van der Waals surface area contributed by atoms with Gasteiger partial charge in [-0.3, -0.25) is 19.2 Å². The third kappa shape index (κ3) is 9.70. The van der Waals surface area contributed by atoms with Crippen LogP contribution in [0.4, 0.5) is 0 Å². The minimum Gasteiger partial charge on any atom is -0.508 e. The fourth-order valence-corrected chi connectivity index (χ4v) is 3.27. The third-order valence-corrected chi connectivity index (χ3v) is 5.65. The number of benzene rings is 1. The molecule has 0 aliphatic carbocycles. The summed E-state index contributed by atoms with van der Waals surface area (Å²) in [6.45, 7) is 4.90. The van der Waals surface area contributed by atoms with Crippen molar-refractivity contribution >= 4 is 35.5 Å². The lowest BCUT2D eigenvalue weighted by molar-refractivity contribution is -0.141. The molecule has 184 valence electrons. The fourth-order valence-electron chi connectivity index (χ4n) is 2.80. The van der Waals surface area contributed by atoms with Gasteiger partial charge in [-0.05, 0) is 49.0 Å². The molecule has 3 amide bonds. The van der Waals surface area contributed by atoms with E-state index in [-0.39, 0.29) is 18.1 Å². The highest BCUT2D eigenvalue weighted by Crippen LogP contribution is 2.12. The summed E-state index contributed by atoms with van der Waals surface area (Å²) >= 11 is 1.50. The van der Waals surface area contributed by atoms with E-state index in [1.165, 1.54) is 30.8 Å². The zero-order valence-electron chi connectivity index (χ0n) is 19.3. The lowest BCUT2D eigenvalue weighted by Crippen LogP contribution is -2.57. The molecule has 33 heavy (non-hydrogen) atoms. The Morgan fingerprint density at radius 3 is 2.00 bits per heavy atom. The first-order chi connectivity index (χ1) is 15.5. The number of phenols is 1. The molecule has 1 rings (SSSR count). The largest absolute Gasteiger partial charge is 0.508 e. The molecular formula is C22H34N4O6S. The summed E-state index contributed by atoms with van der Waals surface area (Å²) in [5, 5.41) is 26.2. The van der Waals surface area contributed by atoms with Crippen molar-refractivity contribution in [1.82, 2.24) is 16.0 Å². The van der Waals surface area contributed by atoms with Gasteiger partial charge in [-0.2, -0.15) is 11.8 Å². The van der Waals surface area contributed by atoms with Crippen LogP contribution in [0, 0.1) is 5.92 Å². The van der Waals surface area contributed by atoms with Crippen molar-refractivity contribution in [3.63, 3.8) is 0 Å². The van der Waals surface area contributed by atoms with E-state index in [0.717, 1.165) is 0 Å². The number of thioether (sulfide) groups is 1. The van der Waals surface area contributed by atoms with E-state index in [4.69, 9.17) is 10.8 Å². The maximum Gasteiger partial charge on any atom is 0.325 e. The van der Waals surface area contributed by atoms with Gasteiger partial charge in [0.2, 0.25) is 17.7 Å². The molecular weight excluding hydrogens is 448 g/mol. The van der Waals surface area contributed by atoms with Crippen LogP contribution >= 0.6 is 11.8 Å². The smallest absolute Gasteiger partial charge is 0.325 e. The number of carbonyl (C=O) groups excluding carboxylic acids is 3. The highest BCUT2D eigenvalue weighted by molar-refractivity contribution is 7.98. The SMILES string of the molecule is CSCCC(NC(=O)C(N)C(C)C)C(=O)NC(Cc1ccc(O)cc1)C(=O)NC(C)C(=O)O. The molecule has 0 heterocycles. The van der Waals surface area contributed by atoms with Gasteiger partial charge >= 0.3 is 5.97 Å². The molecule has 1 aromatic carbocycles. The molecule has 4 atom stereocenters. The van der Waals surface area contributed by atoms with Crippen LogP contribution in [0.1, 0.15) is 32.8 Å². The Kier molecular flexibility index (Phi) is 11.7. The van der Waals surface area contributed by atoms with Gasteiger partial charge in [-0.15, -0.1) is 0 Å². The zero-order chi connectivity index (χ0) is 25.1. The summed E-state index contributed by atoms with van der Waals surface area (Å²) in [7, 11) is 0. The van der Waals surface area contributed by atoms with E-state index in [1.54, 1.807) is 26.0 Å². The van der Waals surface area contributed by atoms with E-state index in [0.29, 0.717) is 17.7 Å². The molecule has 0 spiro atoms. The lowest BCUT2D eigenvalue weighted by Gasteiger charge is -2.25. The van der Waals surface area contributed by atoms with Crippen LogP contribution in [0.3, 0.4) is 0 Å². The molecule has 0 bridgehead atoms. The van der Waals surface area contributed by atoms with E-state index in [2.05, 4.69) is 16.0 Å². The Hall–Kier alpha value is -2.79. The van der Waals surface area contributed by atoms with Crippen molar-refractivity contribution in [1.29, 1.82) is 0 Å². The molecule has 10 nitrogen and oxygen atoms in total. The minimum absolute atomic E-state index is 0.0459. The van der Waals surface area contributed by atoms with Crippen LogP contribution < -0.4 is 21.7 Å². The van der Waals surface area contributed by atoms with Gasteiger partial charge in [0.1, 0.15) is 23.9 Å². The van der Waals surface area contributed by atoms with Crippen molar-refractivity contribution < 1.29 is 29.4 Å². The molecule has 0 saturated heterocycles. The molecule has 0 aliphatic heterocycles. The minimum atomic E-state index is -1.22. The zero-order valence-corrected chi connectivity index (χ0v) is 20.1. The van der Waals surface area contributed by atoms with Crippen LogP contribution in [-0.2, 0) is 25.6 Å². The number of carbonyl (C=O) groups is 4. The van der Waals surface area contributed by atoms with Crippen molar-refractivity contribution in [2.45, 2.75) is 57.8 Å². The average Bonchev–Trinajstić information content (AvgIpc) is 2.76. The second-order valence-electron chi connectivity index (χ2n) is 8.11. The van der Waals surface area contributed by atoms with Gasteiger partial charge in [-0.1, -0.05) is 26.0 Å². The maximum absolute atomic E-state index is 13.0. The lowest BCUT2D eigenvalue weighted by atomic mass is 10.0. The molecule has 11 heteroatoms. The van der Waals surface area contributed by atoms with Gasteiger partial charge in [-0.25, -0.2) is 0 Å². The van der Waals surface area contributed by atoms with Crippen molar-refractivity contribution in [2.24, 2.45) is 11.7 Å². The number of aliphatic carboxylic acids is 1. The maximum atomic E-state index is 13.0. The summed E-state index contributed by atoms with van der Waals surface area (Å²) in [6, 6.07) is 2.11. The monoisotopic (exact) mass is 482 g/mol. The Morgan fingerprint density at radius 2 is 1.48 bits per heavy atom. The number of aromatic hydroxyl groups is 1. The molecule has 0 radical (unpaired) electrons. The highest BCUT2D eigenvalue weighted by Gasteiger charge is 2.30. The number of amides is 3. The molecule has 0 aliphatic rings. The Labute approximate surface area is 198 Å². The van der Waals surface area contributed by atoms with Crippen molar-refractivity contribution in [2.75, 3.05) is 12.0 Å². The predicted octanol–water partition coefficient (Wildman–Crippen LogP) is 0.230. The number of carboxylic acid groups (broad SMARTS) is 1. The molecule has 7 N–H and O–H groups in total. The first-order valence-electron chi connectivity index (χ1n) is 10.6. The van der Waals surface area contributed by atoms with Gasteiger partial charge in [0.05, 0.1) is 6.04 Å². The number of nitrogens with one attached hydrogen (secondary N) is 3. The summed E-state index contributed by atoms with van der Waals surface area (Å²) < 4.78 is 0. The molecule has 0 aromatic heterocycles. The summed E-state index contributed by atoms with van der Waals surface area (Å²) in [5.41, 5.74) is 6.54. The summed E-state index contributed by atoms with van der Waals surface area (Å²) in [4.78, 5) is 49.4. The second-order valence-corrected chi connectivity index (χ2v) is 9.10. The Morgan fingerprint density at radius 1 is 0.939 bits per heavy atom. The third-order valence-electron chi connectivity index (χ3n) is 5.00. The van der Waals surface area contributed by atoms with Gasteiger partial charge in [0.25, 0.3) is 0 Å². The average molecular weight is 483 g/mol. The predicted molar refractivity (Wildman–Crippen MR) is 127 cm³/mol. The normalized spacial score (nSPS) is 14.6. The number of hydrogen-bond acceptors (Lipinski definition) is 7. The topological polar surface area (TPSA) is 171 Å². The van der Waals surface area contributed by atoms with Crippen LogP contribution in [0.2, 0.25) is 0 Å². The van der Waals surface area contributed by atoms with Gasteiger partial charge in [0.15, 0.2) is 0 Å². The molecule has 4 unspecified atom stereocenters. The quantitative estimate of drug-likeness (QED) is 0.232. The number of carboxylic acids is 1. The highest BCUT2D eigenvalue weighted by atomic mass is 32.2. The Bertz CT molecular complexity index is 818. The van der Waals surface area contributed by atoms with Crippen LogP contribution in [-0.4, -0.2) is 70.1 Å². The molecule has 1 aromatic rings. The first kappa shape index (κ1) is 28.2. The van der Waals surface area contributed by atoms with Crippen molar-refractivity contribution in [3.8, 4) is 5.75 Å². The van der Waals surface area contributed by atoms with E-state index in [1.807, 2.05) is 6.26 Å². The summed E-state index contributed by atoms with van der Waals surface area (Å²) in [5.74, 6) is -2.43. The second kappa shape index (κ2) is 13.7. The number of hydrogen-bond donors (Lipinski definition) is 6. The van der Waals surface area contributed by atoms with Crippen LogP contribution in [0.25, 0.3) is 0 Å². The number of phenolic OH excluding ortho intramolecular Hbond substituents is 1. The van der Waals surface area contributed by atoms with Crippen molar-refractivity contribution in [3.05, 3.63) is 29.8 Å². The van der Waals surface area contributed by atoms with E-state index in [9.17, 15) is 24.3 Å². The number of rotatable bonds is 13. The molecule has 0 saturated carbocycles. The summed E-state index contributed by atoms with van der Waals surface area (Å²) in [6.07, 6.45) is 2.24. The Balaban J connectivity index is 3.06. The first-order valence-corrected chi connectivity index (χ1v) is 12.0. The number of nitrogens with two attached hydrogens (primary N) is 1. The van der Waals surface area contributed by atoms with Crippen LogP contribution in [0.15, 0.2) is 24.3 Å². The van der Waals surface area contributed by atoms with E-state index >= 15 is 0 Å².